The second-order valence-corrected chi connectivity index (χ2v) is 5.90. The van der Waals surface area contributed by atoms with Crippen LogP contribution in [0.4, 0.5) is 0 Å². The summed E-state index contributed by atoms with van der Waals surface area (Å²) in [6.45, 7) is 3.89. The van der Waals surface area contributed by atoms with E-state index in [9.17, 15) is 5.11 Å². The van der Waals surface area contributed by atoms with Gasteiger partial charge in [-0.05, 0) is 13.8 Å². The molecule has 0 heterocycles. The number of benzene rings is 1. The molecule has 0 aliphatic carbocycles. The highest BCUT2D eigenvalue weighted by molar-refractivity contribution is 6.75. The van der Waals surface area contributed by atoms with Crippen LogP contribution in [-0.4, -0.2) is 33.9 Å². The van der Waals surface area contributed by atoms with Crippen molar-refractivity contribution in [3.8, 4) is 0 Å². The third kappa shape index (κ3) is 3.13. The molecule has 0 aliphatic heterocycles. The van der Waals surface area contributed by atoms with Gasteiger partial charge < -0.3 is 18.4 Å². The first-order valence-corrected chi connectivity index (χ1v) is 6.97. The zero-order valence-electron chi connectivity index (χ0n) is 9.84. The Morgan fingerprint density at radius 3 is 2.38 bits per heavy atom. The van der Waals surface area contributed by atoms with Gasteiger partial charge in [0, 0.05) is 18.9 Å². The van der Waals surface area contributed by atoms with E-state index in [1.54, 1.807) is 6.92 Å². The van der Waals surface area contributed by atoms with Crippen LogP contribution in [0.25, 0.3) is 0 Å². The molecular formula is C11H18O4Si. The van der Waals surface area contributed by atoms with Crippen LogP contribution in [-0.2, 0) is 13.3 Å². The van der Waals surface area contributed by atoms with E-state index in [1.807, 2.05) is 37.3 Å². The Bertz CT molecular complexity index is 304. The summed E-state index contributed by atoms with van der Waals surface area (Å²) in [5.41, 5.74) is 0. The van der Waals surface area contributed by atoms with E-state index in [-0.39, 0.29) is 0 Å². The minimum absolute atomic E-state index is 0.474. The molecule has 2 atom stereocenters. The molecule has 0 fully saturated rings. The molecule has 1 rings (SSSR count). The van der Waals surface area contributed by atoms with Gasteiger partial charge in [0.1, 0.15) is 6.29 Å². The highest BCUT2D eigenvalue weighted by Gasteiger charge is 2.43. The highest BCUT2D eigenvalue weighted by Crippen LogP contribution is 2.11. The first kappa shape index (κ1) is 13.3. The normalized spacial score (nSPS) is 16.8. The fourth-order valence-corrected chi connectivity index (χ4v) is 3.72. The molecule has 4 nitrogen and oxygen atoms in total. The lowest BCUT2D eigenvalue weighted by Gasteiger charge is -2.28. The molecule has 1 aromatic carbocycles. The van der Waals surface area contributed by atoms with Crippen LogP contribution >= 0.6 is 0 Å². The van der Waals surface area contributed by atoms with Crippen molar-refractivity contribution in [1.29, 1.82) is 0 Å². The van der Waals surface area contributed by atoms with Crippen molar-refractivity contribution in [3.05, 3.63) is 30.3 Å². The van der Waals surface area contributed by atoms with Gasteiger partial charge in [0.05, 0.1) is 0 Å². The molecule has 0 amide bonds. The van der Waals surface area contributed by atoms with Crippen LogP contribution in [0.3, 0.4) is 0 Å². The Labute approximate surface area is 97.1 Å². The third-order valence-electron chi connectivity index (χ3n) is 2.06. The molecule has 0 aliphatic rings. The van der Waals surface area contributed by atoms with Crippen LogP contribution in [0, 0.1) is 0 Å². The Hall–Kier alpha value is -0.723. The molecule has 0 aromatic heterocycles. The summed E-state index contributed by atoms with van der Waals surface area (Å²) >= 11 is 0. The van der Waals surface area contributed by atoms with Gasteiger partial charge in [-0.25, -0.2) is 0 Å². The van der Waals surface area contributed by atoms with Crippen molar-refractivity contribution in [2.75, 3.05) is 13.7 Å². The summed E-state index contributed by atoms with van der Waals surface area (Å²) in [6, 6.07) is 9.45. The fourth-order valence-electron chi connectivity index (χ4n) is 1.47. The number of hydrogen-bond donors (Lipinski definition) is 1. The third-order valence-corrected chi connectivity index (χ3v) is 4.95. The Balaban J connectivity index is 3.01. The predicted molar refractivity (Wildman–Crippen MR) is 63.2 cm³/mol. The van der Waals surface area contributed by atoms with Crippen LogP contribution in [0.2, 0.25) is 0 Å². The molecule has 1 N–H and O–H groups in total. The van der Waals surface area contributed by atoms with E-state index in [1.165, 1.54) is 7.11 Å². The lowest BCUT2D eigenvalue weighted by atomic mass is 10.4. The maximum Gasteiger partial charge on any atom is 0.538 e. The molecule has 2 unspecified atom stereocenters. The zero-order chi connectivity index (χ0) is 12.0. The highest BCUT2D eigenvalue weighted by atomic mass is 28.4. The lowest BCUT2D eigenvalue weighted by Crippen LogP contribution is -2.57. The number of rotatable bonds is 6. The maximum absolute atomic E-state index is 9.36. The first-order chi connectivity index (χ1) is 7.64. The van der Waals surface area contributed by atoms with Crippen molar-refractivity contribution in [2.24, 2.45) is 0 Å². The number of aliphatic hydroxyl groups is 1. The lowest BCUT2D eigenvalue weighted by molar-refractivity contribution is -0.0540. The van der Waals surface area contributed by atoms with Gasteiger partial charge in [-0.2, -0.15) is 0 Å². The number of hydrogen-bond acceptors (Lipinski definition) is 4. The van der Waals surface area contributed by atoms with Gasteiger partial charge in [-0.3, -0.25) is 0 Å². The van der Waals surface area contributed by atoms with Crippen molar-refractivity contribution < 1.29 is 18.4 Å². The smallest absolute Gasteiger partial charge is 0.373 e. The average molecular weight is 242 g/mol. The fraction of sp³-hybridized carbons (Fsp3) is 0.455. The molecule has 1 aromatic rings. The molecule has 0 saturated heterocycles. The molecule has 16 heavy (non-hydrogen) atoms. The second kappa shape index (κ2) is 6.12. The second-order valence-electron chi connectivity index (χ2n) is 3.28. The standard InChI is InChI=1S/C11H18O4Si/c1-4-14-16(13-3,15-10(2)12)11-8-6-5-7-9-11/h5-10,12H,4H2,1-3H3. The Kier molecular flexibility index (Phi) is 5.10. The minimum Gasteiger partial charge on any atom is -0.373 e. The predicted octanol–water partition coefficient (Wildman–Crippen LogP) is 0.870. The van der Waals surface area contributed by atoms with Gasteiger partial charge in [-0.15, -0.1) is 0 Å². The summed E-state index contributed by atoms with van der Waals surface area (Å²) in [7, 11) is -1.42. The van der Waals surface area contributed by atoms with Crippen LogP contribution in [0.1, 0.15) is 13.8 Å². The molecule has 0 radical (unpaired) electrons. The monoisotopic (exact) mass is 242 g/mol. The topological polar surface area (TPSA) is 47.9 Å². The van der Waals surface area contributed by atoms with Gasteiger partial charge in [-0.1, -0.05) is 30.3 Å². The van der Waals surface area contributed by atoms with Crippen LogP contribution in [0.15, 0.2) is 30.3 Å². The summed E-state index contributed by atoms with van der Waals surface area (Å²) in [4.78, 5) is 0. The number of aliphatic hydroxyl groups excluding tert-OH is 1. The van der Waals surface area contributed by atoms with Crippen LogP contribution in [0.5, 0.6) is 0 Å². The van der Waals surface area contributed by atoms with E-state index in [4.69, 9.17) is 13.3 Å². The van der Waals surface area contributed by atoms with Gasteiger partial charge in [0.15, 0.2) is 0 Å². The molecule has 0 spiro atoms. The Morgan fingerprint density at radius 2 is 1.94 bits per heavy atom. The van der Waals surface area contributed by atoms with Crippen LogP contribution < -0.4 is 5.19 Å². The molecule has 0 bridgehead atoms. The summed E-state index contributed by atoms with van der Waals surface area (Å²) < 4.78 is 16.5. The largest absolute Gasteiger partial charge is 0.538 e. The van der Waals surface area contributed by atoms with E-state index in [0.29, 0.717) is 6.61 Å². The minimum atomic E-state index is -2.96. The van der Waals surface area contributed by atoms with Gasteiger partial charge >= 0.3 is 8.80 Å². The summed E-state index contributed by atoms with van der Waals surface area (Å²) in [5, 5.41) is 10.2. The molecule has 5 heteroatoms. The van der Waals surface area contributed by atoms with E-state index in [0.717, 1.165) is 5.19 Å². The van der Waals surface area contributed by atoms with Crippen molar-refractivity contribution in [3.63, 3.8) is 0 Å². The summed E-state index contributed by atoms with van der Waals surface area (Å²) in [5.74, 6) is 0. The van der Waals surface area contributed by atoms with Gasteiger partial charge in [0.25, 0.3) is 0 Å². The molecular weight excluding hydrogens is 224 g/mol. The SMILES string of the molecule is CCO[Si](OC)(OC(C)O)c1ccccc1. The maximum atomic E-state index is 9.36. The van der Waals surface area contributed by atoms with Crippen molar-refractivity contribution in [1.82, 2.24) is 0 Å². The molecule has 0 saturated carbocycles. The van der Waals surface area contributed by atoms with Gasteiger partial charge in [0.2, 0.25) is 0 Å². The Morgan fingerprint density at radius 1 is 1.31 bits per heavy atom. The van der Waals surface area contributed by atoms with Crippen molar-refractivity contribution >= 4 is 14.0 Å². The summed E-state index contributed by atoms with van der Waals surface area (Å²) in [6.07, 6.45) is -0.918. The van der Waals surface area contributed by atoms with Crippen molar-refractivity contribution in [2.45, 2.75) is 20.1 Å². The average Bonchev–Trinajstić information content (AvgIpc) is 2.29. The molecule has 90 valence electrons. The first-order valence-electron chi connectivity index (χ1n) is 5.25. The van der Waals surface area contributed by atoms with E-state index in [2.05, 4.69) is 0 Å². The van der Waals surface area contributed by atoms with E-state index < -0.39 is 15.1 Å². The quantitative estimate of drug-likeness (QED) is 0.594. The van der Waals surface area contributed by atoms with E-state index >= 15 is 0 Å². The zero-order valence-corrected chi connectivity index (χ0v) is 10.8.